The summed E-state index contributed by atoms with van der Waals surface area (Å²) in [4.78, 5) is 0. The van der Waals surface area contributed by atoms with E-state index < -0.39 is 8.80 Å². The van der Waals surface area contributed by atoms with Gasteiger partial charge in [0.05, 0.1) is 6.20 Å². The van der Waals surface area contributed by atoms with Gasteiger partial charge in [-0.25, -0.2) is 0 Å². The molecular weight excluding hydrogens is 294 g/mol. The number of aromatic nitrogens is 3. The molecule has 1 aromatic rings. The molecule has 0 atom stereocenters. The highest BCUT2D eigenvalue weighted by Gasteiger charge is 2.39. The second-order valence-corrected chi connectivity index (χ2v) is 7.74. The van der Waals surface area contributed by atoms with Crippen molar-refractivity contribution in [3.05, 3.63) is 12.3 Å². The molecule has 1 aromatic heterocycles. The summed E-state index contributed by atoms with van der Waals surface area (Å²) in [5, 5.41) is 12.1. The molecule has 1 heterocycles. The lowest BCUT2D eigenvalue weighted by Gasteiger charge is -2.28. The lowest BCUT2D eigenvalue weighted by molar-refractivity contribution is 0.0712. The second-order valence-electron chi connectivity index (χ2n) is 3.89. The first-order valence-electron chi connectivity index (χ1n) is 6.95. The topological polar surface area (TPSA) is 66.4 Å². The maximum atomic E-state index is 5.81. The molecule has 0 saturated heterocycles. The second kappa shape index (κ2) is 10.2. The predicted octanol–water partition coefficient (Wildman–Crippen LogP) is 2.40. The molecule has 0 spiro atoms. The highest BCUT2D eigenvalue weighted by molar-refractivity contribution is 7.99. The van der Waals surface area contributed by atoms with E-state index >= 15 is 0 Å². The van der Waals surface area contributed by atoms with E-state index in [-0.39, 0.29) is 0 Å². The van der Waals surface area contributed by atoms with Crippen LogP contribution in [0.3, 0.4) is 0 Å². The average molecular weight is 317 g/mol. The molecule has 0 aromatic carbocycles. The smallest absolute Gasteiger partial charge is 0.374 e. The van der Waals surface area contributed by atoms with Gasteiger partial charge in [0.15, 0.2) is 0 Å². The number of nitrogens with zero attached hydrogens (tertiary/aromatic N) is 3. The van der Waals surface area contributed by atoms with Crippen LogP contribution in [0, 0.1) is 0 Å². The fraction of sp³-hybridized carbons (Fsp3) is 0.750. The Kier molecular flexibility index (Phi) is 8.95. The van der Waals surface area contributed by atoms with Gasteiger partial charge in [0.2, 0.25) is 0 Å². The summed E-state index contributed by atoms with van der Waals surface area (Å²) in [6.07, 6.45) is 2.61. The largest absolute Gasteiger partial charge is 0.500 e. The van der Waals surface area contributed by atoms with Crippen molar-refractivity contribution in [2.24, 2.45) is 0 Å². The van der Waals surface area contributed by atoms with Gasteiger partial charge in [0.25, 0.3) is 0 Å². The maximum absolute atomic E-state index is 5.81. The zero-order valence-corrected chi connectivity index (χ0v) is 14.2. The Labute approximate surface area is 126 Å². The third-order valence-electron chi connectivity index (χ3n) is 2.45. The van der Waals surface area contributed by atoms with E-state index in [9.17, 15) is 0 Å². The summed E-state index contributed by atoms with van der Waals surface area (Å²) in [7, 11) is -2.50. The van der Waals surface area contributed by atoms with Crippen LogP contribution in [-0.2, 0) is 13.3 Å². The SMILES string of the molecule is CCO[Si](CCCSc1ccnnn1)(OCC)OCC. The maximum Gasteiger partial charge on any atom is 0.500 e. The molecule has 0 aliphatic rings. The highest BCUT2D eigenvalue weighted by atomic mass is 32.2. The summed E-state index contributed by atoms with van der Waals surface area (Å²) >= 11 is 1.66. The molecule has 20 heavy (non-hydrogen) atoms. The van der Waals surface area contributed by atoms with Crippen LogP contribution >= 0.6 is 11.8 Å². The highest BCUT2D eigenvalue weighted by Crippen LogP contribution is 2.22. The van der Waals surface area contributed by atoms with Crippen molar-refractivity contribution in [3.8, 4) is 0 Å². The lowest BCUT2D eigenvalue weighted by Crippen LogP contribution is -2.46. The van der Waals surface area contributed by atoms with E-state index in [0.29, 0.717) is 19.8 Å². The first-order chi connectivity index (χ1) is 9.76. The van der Waals surface area contributed by atoms with E-state index in [1.807, 2.05) is 26.8 Å². The first-order valence-corrected chi connectivity index (χ1v) is 9.87. The minimum absolute atomic E-state index is 0.620. The molecule has 0 aliphatic carbocycles. The molecule has 1 rings (SSSR count). The molecule has 8 heteroatoms. The molecule has 0 aliphatic heterocycles. The van der Waals surface area contributed by atoms with Crippen LogP contribution in [0.5, 0.6) is 0 Å². The molecule has 0 N–H and O–H groups in total. The van der Waals surface area contributed by atoms with Gasteiger partial charge in [-0.3, -0.25) is 0 Å². The van der Waals surface area contributed by atoms with Crippen molar-refractivity contribution in [1.29, 1.82) is 0 Å². The molecule has 6 nitrogen and oxygen atoms in total. The van der Waals surface area contributed by atoms with Crippen molar-refractivity contribution in [1.82, 2.24) is 15.4 Å². The van der Waals surface area contributed by atoms with Crippen LogP contribution in [0.25, 0.3) is 0 Å². The van der Waals surface area contributed by atoms with Crippen molar-refractivity contribution in [3.63, 3.8) is 0 Å². The van der Waals surface area contributed by atoms with Gasteiger partial charge in [-0.1, -0.05) is 0 Å². The Balaban J connectivity index is 2.40. The Hall–Kier alpha value is -0.543. The summed E-state index contributed by atoms with van der Waals surface area (Å²) < 4.78 is 17.4. The Morgan fingerprint density at radius 1 is 1.10 bits per heavy atom. The average Bonchev–Trinajstić information content (AvgIpc) is 2.46. The van der Waals surface area contributed by atoms with E-state index in [1.165, 1.54) is 0 Å². The van der Waals surface area contributed by atoms with Crippen molar-refractivity contribution >= 4 is 20.6 Å². The van der Waals surface area contributed by atoms with Crippen LogP contribution in [-0.4, -0.2) is 49.8 Å². The van der Waals surface area contributed by atoms with E-state index in [0.717, 1.165) is 23.2 Å². The molecule has 0 amide bonds. The van der Waals surface area contributed by atoms with Gasteiger partial charge >= 0.3 is 8.80 Å². The summed E-state index contributed by atoms with van der Waals surface area (Å²) in [6, 6.07) is 2.68. The van der Waals surface area contributed by atoms with Gasteiger partial charge in [-0.05, 0) is 44.2 Å². The zero-order valence-electron chi connectivity index (χ0n) is 12.4. The molecule has 0 bridgehead atoms. The zero-order chi connectivity index (χ0) is 14.7. The van der Waals surface area contributed by atoms with Crippen LogP contribution in [0.1, 0.15) is 27.2 Å². The van der Waals surface area contributed by atoms with E-state index in [1.54, 1.807) is 18.0 Å². The Bertz CT molecular complexity index is 342. The van der Waals surface area contributed by atoms with Crippen LogP contribution in [0.15, 0.2) is 17.3 Å². The third kappa shape index (κ3) is 6.27. The Morgan fingerprint density at radius 3 is 2.25 bits per heavy atom. The molecule has 0 saturated carbocycles. The van der Waals surface area contributed by atoms with Gasteiger partial charge in [-0.15, -0.1) is 22.0 Å². The van der Waals surface area contributed by atoms with Gasteiger partial charge in [0, 0.05) is 25.9 Å². The Morgan fingerprint density at radius 2 is 1.75 bits per heavy atom. The van der Waals surface area contributed by atoms with Gasteiger partial charge < -0.3 is 13.3 Å². The summed E-state index contributed by atoms with van der Waals surface area (Å²) in [5.41, 5.74) is 0. The standard InChI is InChI=1S/C12H23N3O3SSi/c1-4-16-20(17-5-2,18-6-3)11-7-10-19-12-8-9-13-15-14-12/h8-9H,4-7,10-11H2,1-3H3. The third-order valence-corrected chi connectivity index (χ3v) is 6.61. The molecule has 0 radical (unpaired) electrons. The minimum atomic E-state index is -2.50. The normalized spacial score (nSPS) is 11.8. The quantitative estimate of drug-likeness (QED) is 0.353. The monoisotopic (exact) mass is 317 g/mol. The van der Waals surface area contributed by atoms with Crippen LogP contribution in [0.2, 0.25) is 6.04 Å². The number of hydrogen-bond donors (Lipinski definition) is 0. The first kappa shape index (κ1) is 17.5. The van der Waals surface area contributed by atoms with E-state index in [4.69, 9.17) is 13.3 Å². The molecule has 0 fully saturated rings. The predicted molar refractivity (Wildman–Crippen MR) is 80.6 cm³/mol. The fourth-order valence-electron chi connectivity index (χ4n) is 1.77. The number of thioether (sulfide) groups is 1. The molecular formula is C12H23N3O3SSi. The van der Waals surface area contributed by atoms with Crippen LogP contribution < -0.4 is 0 Å². The van der Waals surface area contributed by atoms with Crippen molar-refractivity contribution in [2.75, 3.05) is 25.6 Å². The van der Waals surface area contributed by atoms with Crippen molar-refractivity contribution < 1.29 is 13.3 Å². The van der Waals surface area contributed by atoms with Crippen LogP contribution in [0.4, 0.5) is 0 Å². The van der Waals surface area contributed by atoms with Gasteiger partial charge in [-0.2, -0.15) is 0 Å². The number of rotatable bonds is 11. The summed E-state index contributed by atoms with van der Waals surface area (Å²) in [6.45, 7) is 7.78. The molecule has 0 unspecified atom stereocenters. The number of hydrogen-bond acceptors (Lipinski definition) is 7. The fourth-order valence-corrected chi connectivity index (χ4v) is 5.39. The lowest BCUT2D eigenvalue weighted by atomic mass is 10.6. The van der Waals surface area contributed by atoms with Crippen molar-refractivity contribution in [2.45, 2.75) is 38.3 Å². The molecule has 114 valence electrons. The minimum Gasteiger partial charge on any atom is -0.374 e. The summed E-state index contributed by atoms with van der Waals surface area (Å²) in [5.74, 6) is 0.931. The van der Waals surface area contributed by atoms with E-state index in [2.05, 4.69) is 15.4 Å². The van der Waals surface area contributed by atoms with Gasteiger partial charge in [0.1, 0.15) is 5.03 Å².